The smallest absolute Gasteiger partial charge is 0.347 e. The van der Waals surface area contributed by atoms with Crippen molar-refractivity contribution in [1.82, 2.24) is 4.98 Å². The molecule has 1 amide bonds. The summed E-state index contributed by atoms with van der Waals surface area (Å²) in [6, 6.07) is 23.9. The maximum absolute atomic E-state index is 12.2. The number of rotatable bonds is 5. The highest BCUT2D eigenvalue weighted by Crippen LogP contribution is 2.22. The van der Waals surface area contributed by atoms with Crippen LogP contribution in [0.15, 0.2) is 93.0 Å². The average molecular weight is 388 g/mol. The van der Waals surface area contributed by atoms with E-state index < -0.39 is 5.63 Å². The van der Waals surface area contributed by atoms with Crippen LogP contribution in [0.1, 0.15) is 0 Å². The van der Waals surface area contributed by atoms with Gasteiger partial charge in [0, 0.05) is 16.1 Å². The lowest BCUT2D eigenvalue weighted by Crippen LogP contribution is -2.14. The molecule has 5 nitrogen and oxygen atoms in total. The highest BCUT2D eigenvalue weighted by atomic mass is 32.2. The molecule has 4 rings (SSSR count). The molecule has 3 aromatic carbocycles. The summed E-state index contributed by atoms with van der Waals surface area (Å²) in [6.45, 7) is 0. The normalized spacial score (nSPS) is 10.7. The van der Waals surface area contributed by atoms with Crippen molar-refractivity contribution in [3.63, 3.8) is 0 Å². The molecular weight excluding hydrogens is 372 g/mol. The molecule has 0 bridgehead atoms. The second kappa shape index (κ2) is 8.10. The first kappa shape index (κ1) is 18.0. The summed E-state index contributed by atoms with van der Waals surface area (Å²) >= 11 is 1.47. The number of amides is 1. The molecule has 0 unspecified atom stereocenters. The third-order valence-electron chi connectivity index (χ3n) is 4.04. The van der Waals surface area contributed by atoms with Gasteiger partial charge in [-0.3, -0.25) is 4.79 Å². The Morgan fingerprint density at radius 1 is 0.964 bits per heavy atom. The molecule has 4 aromatic rings. The Morgan fingerprint density at radius 2 is 1.75 bits per heavy atom. The molecule has 1 aromatic heterocycles. The summed E-state index contributed by atoms with van der Waals surface area (Å²) in [5.41, 5.74) is 1.38. The van der Waals surface area contributed by atoms with E-state index in [-0.39, 0.29) is 11.8 Å². The second-order valence-electron chi connectivity index (χ2n) is 6.05. The number of fused-ring (bicyclic) bond motifs is 1. The van der Waals surface area contributed by atoms with Gasteiger partial charge < -0.3 is 9.73 Å². The molecule has 0 fully saturated rings. The number of anilines is 1. The zero-order valence-electron chi connectivity index (χ0n) is 14.8. The number of nitrogens with one attached hydrogen (secondary N) is 1. The van der Waals surface area contributed by atoms with E-state index in [9.17, 15) is 9.59 Å². The fourth-order valence-electron chi connectivity index (χ4n) is 2.73. The zero-order valence-corrected chi connectivity index (χ0v) is 15.6. The van der Waals surface area contributed by atoms with E-state index in [1.165, 1.54) is 11.8 Å². The summed E-state index contributed by atoms with van der Waals surface area (Å²) in [4.78, 5) is 29.9. The molecule has 28 heavy (non-hydrogen) atoms. The number of thioether (sulfide) groups is 1. The van der Waals surface area contributed by atoms with Crippen LogP contribution < -0.4 is 10.9 Å². The van der Waals surface area contributed by atoms with Crippen LogP contribution in [0.2, 0.25) is 0 Å². The topological polar surface area (TPSA) is 72.2 Å². The minimum absolute atomic E-state index is 0.112. The lowest BCUT2D eigenvalue weighted by molar-refractivity contribution is -0.113. The first-order valence-electron chi connectivity index (χ1n) is 8.67. The molecule has 0 saturated heterocycles. The van der Waals surface area contributed by atoms with Crippen molar-refractivity contribution in [2.75, 3.05) is 11.1 Å². The van der Waals surface area contributed by atoms with Crippen molar-refractivity contribution in [2.45, 2.75) is 4.90 Å². The summed E-state index contributed by atoms with van der Waals surface area (Å²) in [7, 11) is 0. The minimum atomic E-state index is -0.436. The highest BCUT2D eigenvalue weighted by Gasteiger charge is 2.10. The van der Waals surface area contributed by atoms with Gasteiger partial charge in [-0.25, -0.2) is 9.78 Å². The van der Waals surface area contributed by atoms with Crippen molar-refractivity contribution in [2.24, 2.45) is 0 Å². The SMILES string of the molecule is O=C(CSc1ccccc1)Nc1cccc(-c2nc3ccccc3c(=O)o2)c1. The van der Waals surface area contributed by atoms with Gasteiger partial charge in [-0.1, -0.05) is 36.4 Å². The molecule has 0 atom stereocenters. The second-order valence-corrected chi connectivity index (χ2v) is 7.10. The molecule has 0 aliphatic carbocycles. The Kier molecular flexibility index (Phi) is 5.21. The molecule has 0 spiro atoms. The number of hydrogen-bond acceptors (Lipinski definition) is 5. The first-order chi connectivity index (χ1) is 13.7. The summed E-state index contributed by atoms with van der Waals surface area (Å²) in [5.74, 6) is 0.412. The quantitative estimate of drug-likeness (QED) is 0.507. The van der Waals surface area contributed by atoms with Gasteiger partial charge in [0.1, 0.15) is 0 Å². The molecule has 6 heteroatoms. The van der Waals surface area contributed by atoms with Gasteiger partial charge in [-0.2, -0.15) is 0 Å². The van der Waals surface area contributed by atoms with Gasteiger partial charge in [-0.05, 0) is 42.5 Å². The summed E-state index contributed by atoms with van der Waals surface area (Å²) < 4.78 is 5.36. The number of hydrogen-bond donors (Lipinski definition) is 1. The Balaban J connectivity index is 1.52. The Labute approximate surface area is 165 Å². The van der Waals surface area contributed by atoms with Crippen LogP contribution in [-0.4, -0.2) is 16.6 Å². The predicted octanol–water partition coefficient (Wildman–Crippen LogP) is 4.59. The molecule has 0 radical (unpaired) electrons. The van der Waals surface area contributed by atoms with E-state index in [2.05, 4.69) is 10.3 Å². The van der Waals surface area contributed by atoms with Gasteiger partial charge in [-0.15, -0.1) is 11.8 Å². The molecule has 1 N–H and O–H groups in total. The van der Waals surface area contributed by atoms with Crippen LogP contribution >= 0.6 is 11.8 Å². The lowest BCUT2D eigenvalue weighted by Gasteiger charge is -2.07. The van der Waals surface area contributed by atoms with Crippen LogP contribution in [0.25, 0.3) is 22.4 Å². The maximum atomic E-state index is 12.2. The van der Waals surface area contributed by atoms with E-state index in [0.717, 1.165) is 4.90 Å². The largest absolute Gasteiger partial charge is 0.403 e. The monoisotopic (exact) mass is 388 g/mol. The zero-order chi connectivity index (χ0) is 19.3. The van der Waals surface area contributed by atoms with Crippen LogP contribution in [0.4, 0.5) is 5.69 Å². The number of carbonyl (C=O) groups excluding carboxylic acids is 1. The molecule has 0 aliphatic rings. The third-order valence-corrected chi connectivity index (χ3v) is 5.05. The van der Waals surface area contributed by atoms with E-state index in [1.807, 2.05) is 36.4 Å². The number of carbonyl (C=O) groups is 1. The Bertz CT molecular complexity index is 1190. The van der Waals surface area contributed by atoms with Crippen molar-refractivity contribution >= 4 is 34.3 Å². The number of para-hydroxylation sites is 1. The van der Waals surface area contributed by atoms with Crippen LogP contribution in [-0.2, 0) is 4.79 Å². The average Bonchev–Trinajstić information content (AvgIpc) is 2.73. The Hall–Kier alpha value is -3.38. The molecular formula is C22H16N2O3S. The number of aromatic nitrogens is 1. The fourth-order valence-corrected chi connectivity index (χ4v) is 3.45. The van der Waals surface area contributed by atoms with Crippen LogP contribution in [0.5, 0.6) is 0 Å². The lowest BCUT2D eigenvalue weighted by atomic mass is 10.2. The van der Waals surface area contributed by atoms with Crippen molar-refractivity contribution in [3.05, 3.63) is 89.3 Å². The molecule has 0 aliphatic heterocycles. The van der Waals surface area contributed by atoms with Gasteiger partial charge in [0.05, 0.1) is 16.7 Å². The minimum Gasteiger partial charge on any atom is -0.403 e. The van der Waals surface area contributed by atoms with E-state index >= 15 is 0 Å². The van der Waals surface area contributed by atoms with Gasteiger partial charge in [0.25, 0.3) is 0 Å². The van der Waals surface area contributed by atoms with Crippen molar-refractivity contribution < 1.29 is 9.21 Å². The number of benzene rings is 3. The van der Waals surface area contributed by atoms with Crippen molar-refractivity contribution in [3.8, 4) is 11.5 Å². The fraction of sp³-hybridized carbons (Fsp3) is 0.0455. The van der Waals surface area contributed by atoms with E-state index in [4.69, 9.17) is 4.42 Å². The molecule has 0 saturated carbocycles. The van der Waals surface area contributed by atoms with E-state index in [1.54, 1.807) is 42.5 Å². The van der Waals surface area contributed by atoms with Crippen molar-refractivity contribution in [1.29, 1.82) is 0 Å². The maximum Gasteiger partial charge on any atom is 0.347 e. The van der Waals surface area contributed by atoms with Crippen LogP contribution in [0, 0.1) is 0 Å². The Morgan fingerprint density at radius 3 is 2.61 bits per heavy atom. The van der Waals surface area contributed by atoms with Gasteiger partial charge >= 0.3 is 5.63 Å². The summed E-state index contributed by atoms with van der Waals surface area (Å²) in [6.07, 6.45) is 0. The standard InChI is InChI=1S/C22H16N2O3S/c25-20(14-28-17-9-2-1-3-10-17)23-16-8-6-7-15(13-16)21-24-19-12-5-4-11-18(19)22(26)27-21/h1-13H,14H2,(H,23,25). The van der Waals surface area contributed by atoms with Gasteiger partial charge in [0.2, 0.25) is 11.8 Å². The molecule has 1 heterocycles. The predicted molar refractivity (Wildman–Crippen MR) is 112 cm³/mol. The number of nitrogens with zero attached hydrogens (tertiary/aromatic N) is 1. The molecule has 138 valence electrons. The summed E-state index contributed by atoms with van der Waals surface area (Å²) in [5, 5.41) is 3.31. The van der Waals surface area contributed by atoms with Crippen LogP contribution in [0.3, 0.4) is 0 Å². The first-order valence-corrected chi connectivity index (χ1v) is 9.66. The van der Waals surface area contributed by atoms with E-state index in [0.29, 0.717) is 27.9 Å². The highest BCUT2D eigenvalue weighted by molar-refractivity contribution is 8.00. The van der Waals surface area contributed by atoms with Gasteiger partial charge in [0.15, 0.2) is 0 Å². The third kappa shape index (κ3) is 4.13.